The molecule has 312 valence electrons. The summed E-state index contributed by atoms with van der Waals surface area (Å²) in [5, 5.41) is 17.0. The van der Waals surface area contributed by atoms with Crippen molar-refractivity contribution in [3.8, 4) is 11.1 Å². The van der Waals surface area contributed by atoms with Crippen LogP contribution in [0.1, 0.15) is 22.3 Å². The van der Waals surface area contributed by atoms with Crippen LogP contribution in [0.5, 0.6) is 0 Å². The summed E-state index contributed by atoms with van der Waals surface area (Å²) in [5.74, 6) is -0.115. The van der Waals surface area contributed by atoms with E-state index in [2.05, 4.69) is 41.1 Å². The second-order valence-corrected chi connectivity index (χ2v) is 16.1. The fourth-order valence-corrected chi connectivity index (χ4v) is 7.93. The lowest BCUT2D eigenvalue weighted by Crippen LogP contribution is -2.48. The highest BCUT2D eigenvalue weighted by molar-refractivity contribution is 7.89. The van der Waals surface area contributed by atoms with E-state index in [-0.39, 0.29) is 18.0 Å². The minimum absolute atomic E-state index is 0.0571. The van der Waals surface area contributed by atoms with Gasteiger partial charge in [0, 0.05) is 67.8 Å². The molecule has 60 heavy (non-hydrogen) atoms. The average molecular weight is 853 g/mol. The molecule has 1 atom stereocenters. The predicted molar refractivity (Wildman–Crippen MR) is 230 cm³/mol. The first-order valence-corrected chi connectivity index (χ1v) is 21.6. The first-order chi connectivity index (χ1) is 29.2. The molecule has 0 saturated carbocycles. The number of rotatable bonds is 21. The fourth-order valence-electron chi connectivity index (χ4n) is 5.93. The highest BCUT2D eigenvalue weighted by atomic mass is 32.2. The number of carbonyl (C=O) groups excluding carboxylic acids is 3. The molecule has 0 spiro atoms. The van der Waals surface area contributed by atoms with Gasteiger partial charge in [-0.2, -0.15) is 9.82 Å². The number of ether oxygens (including phenoxy) is 2. The molecular formula is C42H46N9O7S2+. The fraction of sp³-hybridized carbons (Fsp3) is 0.238. The summed E-state index contributed by atoms with van der Waals surface area (Å²) in [7, 11) is -3.04. The Morgan fingerprint density at radius 3 is 2.30 bits per heavy atom. The number of nitrogens with one attached hydrogen (secondary N) is 5. The number of hydrogen-bond donors (Lipinski definition) is 5. The van der Waals surface area contributed by atoms with Crippen LogP contribution in [0, 0.1) is 0 Å². The molecule has 0 radical (unpaired) electrons. The number of esters is 1. The Morgan fingerprint density at radius 1 is 0.833 bits per heavy atom. The van der Waals surface area contributed by atoms with Crippen molar-refractivity contribution in [1.29, 1.82) is 0 Å². The first-order valence-electron chi connectivity index (χ1n) is 19.1. The Morgan fingerprint density at radius 2 is 1.57 bits per heavy atom. The molecule has 6 rings (SSSR count). The number of benzene rings is 4. The number of anilines is 1. The van der Waals surface area contributed by atoms with Gasteiger partial charge in [0.25, 0.3) is 5.91 Å². The number of aryl methyl sites for hydroxylation is 1. The third-order valence-corrected chi connectivity index (χ3v) is 11.6. The quantitative estimate of drug-likeness (QED) is 0.0303. The lowest BCUT2D eigenvalue weighted by molar-refractivity contribution is -0.142. The van der Waals surface area contributed by atoms with Crippen molar-refractivity contribution in [1.82, 2.24) is 40.4 Å². The Labute approximate surface area is 351 Å². The van der Waals surface area contributed by atoms with Crippen molar-refractivity contribution in [2.45, 2.75) is 35.4 Å². The second kappa shape index (κ2) is 21.6. The number of alkyl carbamates (subject to hydrolysis) is 1. The van der Waals surface area contributed by atoms with Crippen LogP contribution in [0.3, 0.4) is 0 Å². The van der Waals surface area contributed by atoms with Crippen LogP contribution in [0.15, 0.2) is 132 Å². The van der Waals surface area contributed by atoms with E-state index in [1.54, 1.807) is 55.0 Å². The number of fused-ring (bicyclic) bond motifs is 1. The van der Waals surface area contributed by atoms with E-state index < -0.39 is 34.0 Å². The Kier molecular flexibility index (Phi) is 15.6. The van der Waals surface area contributed by atoms with Gasteiger partial charge in [-0.3, -0.25) is 19.6 Å². The molecule has 4 aromatic carbocycles. The maximum absolute atomic E-state index is 13.4. The number of amides is 2. The first kappa shape index (κ1) is 43.2. The lowest BCUT2D eigenvalue weighted by Gasteiger charge is -2.17. The van der Waals surface area contributed by atoms with Gasteiger partial charge in [0.05, 0.1) is 23.7 Å². The summed E-state index contributed by atoms with van der Waals surface area (Å²) < 4.78 is 41.0. The molecule has 2 amide bonds. The molecule has 0 fully saturated rings. The van der Waals surface area contributed by atoms with E-state index >= 15 is 0 Å². The average Bonchev–Trinajstić information content (AvgIpc) is 3.69. The van der Waals surface area contributed by atoms with Crippen molar-refractivity contribution in [3.63, 3.8) is 0 Å². The molecule has 0 aliphatic rings. The normalized spacial score (nSPS) is 11.8. The van der Waals surface area contributed by atoms with Crippen LogP contribution in [-0.2, 0) is 49.2 Å². The van der Waals surface area contributed by atoms with Gasteiger partial charge in [0.2, 0.25) is 16.0 Å². The van der Waals surface area contributed by atoms with E-state index in [0.717, 1.165) is 57.8 Å². The van der Waals surface area contributed by atoms with Crippen molar-refractivity contribution in [2.75, 3.05) is 44.5 Å². The van der Waals surface area contributed by atoms with Crippen molar-refractivity contribution < 1.29 is 32.3 Å². The van der Waals surface area contributed by atoms with Crippen LogP contribution in [0.25, 0.3) is 22.0 Å². The molecule has 18 heteroatoms. The number of carbonyl (C=O) groups is 3. The van der Waals surface area contributed by atoms with Crippen LogP contribution in [0.4, 0.5) is 10.7 Å². The Bertz CT molecular complexity index is 2440. The number of thiol groups is 1. The molecule has 0 unspecified atom stereocenters. The molecule has 2 heterocycles. The summed E-state index contributed by atoms with van der Waals surface area (Å²) in [6.45, 7) is 2.17. The highest BCUT2D eigenvalue weighted by Gasteiger charge is 2.27. The smallest absolute Gasteiger partial charge is 0.407 e. The zero-order chi connectivity index (χ0) is 42.2. The molecule has 2 aromatic heterocycles. The summed E-state index contributed by atoms with van der Waals surface area (Å²) in [6.07, 6.45) is 5.31. The standard InChI is InChI=1S/C42H45N9O7S2/c1-57-40(53)37(27-48-39(52)33-13-18-38-34(25-33)26-49-51(38)24-6-21-46-41-44-19-5-20-45-41)50-60(55,56)36-16-11-32(12-17-36)31-9-14-35(15-10-31)59-29-43-22-23-47-42(54)58-28-30-7-3-2-4-8-30/h2-5,7-20,25-26,37,43,50H,6,21-24,27-29H2,1H3,(H,47,54)(H,48,52)(H,44,45,46)/p+1/t37-/m0/s1. The summed E-state index contributed by atoms with van der Waals surface area (Å²) in [4.78, 5) is 47.0. The monoisotopic (exact) mass is 852 g/mol. The number of sulfonamides is 1. The maximum atomic E-state index is 13.4. The number of aromatic nitrogens is 4. The highest BCUT2D eigenvalue weighted by Crippen LogP contribution is 2.23. The molecular weight excluding hydrogens is 807 g/mol. The van der Waals surface area contributed by atoms with E-state index in [9.17, 15) is 22.8 Å². The number of hydrogen-bond acceptors (Lipinski definition) is 12. The van der Waals surface area contributed by atoms with Gasteiger partial charge in [-0.15, -0.1) is 0 Å². The Hall–Kier alpha value is -6.34. The number of nitrogens with zero attached hydrogens (tertiary/aromatic N) is 4. The summed E-state index contributed by atoms with van der Waals surface area (Å²) >= 11 is 1.05. The molecule has 0 bridgehead atoms. The summed E-state index contributed by atoms with van der Waals surface area (Å²) in [5.41, 5.74) is 3.78. The van der Waals surface area contributed by atoms with Gasteiger partial charge in [0.15, 0.2) is 10.8 Å². The summed E-state index contributed by atoms with van der Waals surface area (Å²) in [6, 6.07) is 29.1. The Balaban J connectivity index is 0.939. The van der Waals surface area contributed by atoms with Crippen molar-refractivity contribution >= 4 is 56.6 Å². The zero-order valence-electron chi connectivity index (χ0n) is 32.8. The van der Waals surface area contributed by atoms with Crippen LogP contribution in [-0.4, -0.2) is 91.3 Å². The minimum atomic E-state index is -4.18. The predicted octanol–water partition coefficient (Wildman–Crippen LogP) is 3.89. The van der Waals surface area contributed by atoms with Gasteiger partial charge in [-0.1, -0.05) is 42.5 Å². The van der Waals surface area contributed by atoms with Gasteiger partial charge in [-0.25, -0.2) is 23.2 Å². The molecule has 0 aliphatic heterocycles. The lowest BCUT2D eigenvalue weighted by atomic mass is 10.1. The van der Waals surface area contributed by atoms with Gasteiger partial charge in [-0.05, 0) is 83.8 Å². The van der Waals surface area contributed by atoms with E-state index in [0.29, 0.717) is 43.6 Å². The van der Waals surface area contributed by atoms with Crippen molar-refractivity contribution in [3.05, 3.63) is 133 Å². The number of methoxy groups -OCH3 is 1. The van der Waals surface area contributed by atoms with E-state index in [1.165, 1.54) is 12.1 Å². The minimum Gasteiger partial charge on any atom is -0.468 e. The van der Waals surface area contributed by atoms with Gasteiger partial charge >= 0.3 is 12.1 Å². The van der Waals surface area contributed by atoms with E-state index in [1.807, 2.05) is 59.3 Å². The molecule has 16 nitrogen and oxygen atoms in total. The largest absolute Gasteiger partial charge is 0.468 e. The molecule has 0 aliphatic carbocycles. The third kappa shape index (κ3) is 12.6. The van der Waals surface area contributed by atoms with Gasteiger partial charge in [0.1, 0.15) is 12.6 Å². The van der Waals surface area contributed by atoms with Crippen LogP contribution in [0.2, 0.25) is 0 Å². The maximum Gasteiger partial charge on any atom is 0.407 e. The van der Waals surface area contributed by atoms with Crippen molar-refractivity contribution in [2.24, 2.45) is 0 Å². The third-order valence-electron chi connectivity index (χ3n) is 9.07. The molecule has 0 saturated heterocycles. The zero-order valence-corrected chi connectivity index (χ0v) is 34.5. The van der Waals surface area contributed by atoms with Crippen LogP contribution < -0.4 is 26.0 Å². The SMILES string of the molecule is COC(=O)[C@H](CNC(=O)c1ccc2c(cnn2CCCNc2ncccn2)c1)NS(=O)(=O)c1ccc(-c2ccc([SH+]CNCCNC(=O)OCc3ccccc3)cc2)cc1. The molecule has 5 N–H and O–H groups in total. The van der Waals surface area contributed by atoms with Crippen LogP contribution >= 0.6 is 0 Å². The van der Waals surface area contributed by atoms with Gasteiger partial charge < -0.3 is 25.4 Å². The second-order valence-electron chi connectivity index (χ2n) is 13.3. The topological polar surface area (TPSA) is 208 Å². The van der Waals surface area contributed by atoms with E-state index in [4.69, 9.17) is 9.47 Å². The molecule has 6 aromatic rings.